The van der Waals surface area contributed by atoms with Gasteiger partial charge in [0.15, 0.2) is 6.73 Å². The lowest BCUT2D eigenvalue weighted by Gasteiger charge is -2.41. The average molecular weight is 363 g/mol. The second kappa shape index (κ2) is 6.29. The minimum absolute atomic E-state index is 0.0188. The van der Waals surface area contributed by atoms with E-state index in [1.165, 1.54) is 10.8 Å². The Morgan fingerprint density at radius 3 is 2.58 bits per heavy atom. The summed E-state index contributed by atoms with van der Waals surface area (Å²) in [5, 5.41) is 6.35. The standard InChI is InChI=1S/C22H21NO2S/c1-15-20(18-10-11-26-13-18)21(24)23(14-25-15)22(2,3)19-9-8-16-6-4-5-7-17(16)12-19/h4-13H,14H2,1-3H3. The number of thiophene rings is 1. The van der Waals surface area contributed by atoms with Crippen LogP contribution in [0.3, 0.4) is 0 Å². The number of fused-ring (bicyclic) bond motifs is 1. The van der Waals surface area contributed by atoms with Gasteiger partial charge < -0.3 is 4.74 Å². The van der Waals surface area contributed by atoms with E-state index in [0.717, 1.165) is 11.1 Å². The van der Waals surface area contributed by atoms with Gasteiger partial charge in [0.05, 0.1) is 11.1 Å². The summed E-state index contributed by atoms with van der Waals surface area (Å²) in [5.41, 5.74) is 2.20. The molecule has 1 amide bonds. The number of benzene rings is 2. The Balaban J connectivity index is 1.74. The molecular formula is C22H21NO2S. The first-order valence-corrected chi connectivity index (χ1v) is 9.60. The molecular weight excluding hydrogens is 342 g/mol. The first-order chi connectivity index (χ1) is 12.5. The van der Waals surface area contributed by atoms with Gasteiger partial charge in [-0.25, -0.2) is 0 Å². The molecule has 3 aromatic rings. The summed E-state index contributed by atoms with van der Waals surface area (Å²) in [4.78, 5) is 15.1. The molecule has 0 atom stereocenters. The quantitative estimate of drug-likeness (QED) is 0.625. The van der Waals surface area contributed by atoms with E-state index in [9.17, 15) is 4.79 Å². The number of amides is 1. The van der Waals surface area contributed by atoms with E-state index in [1.807, 2.05) is 40.8 Å². The molecule has 0 spiro atoms. The summed E-state index contributed by atoms with van der Waals surface area (Å²) in [6.45, 7) is 6.28. The summed E-state index contributed by atoms with van der Waals surface area (Å²) in [6.07, 6.45) is 0. The van der Waals surface area contributed by atoms with Crippen molar-refractivity contribution in [2.45, 2.75) is 26.3 Å². The minimum atomic E-state index is -0.483. The van der Waals surface area contributed by atoms with E-state index >= 15 is 0 Å². The number of rotatable bonds is 3. The molecule has 2 heterocycles. The van der Waals surface area contributed by atoms with E-state index in [4.69, 9.17) is 4.74 Å². The van der Waals surface area contributed by atoms with Crippen LogP contribution in [0.2, 0.25) is 0 Å². The number of carbonyl (C=O) groups is 1. The van der Waals surface area contributed by atoms with Crippen LogP contribution in [0.1, 0.15) is 31.9 Å². The largest absolute Gasteiger partial charge is 0.477 e. The van der Waals surface area contributed by atoms with E-state index in [2.05, 4.69) is 44.2 Å². The highest BCUT2D eigenvalue weighted by molar-refractivity contribution is 7.08. The molecule has 0 radical (unpaired) electrons. The van der Waals surface area contributed by atoms with Crippen LogP contribution in [0, 0.1) is 0 Å². The Morgan fingerprint density at radius 2 is 1.85 bits per heavy atom. The fraction of sp³-hybridized carbons (Fsp3) is 0.227. The predicted octanol–water partition coefficient (Wildman–Crippen LogP) is 5.38. The third kappa shape index (κ3) is 2.71. The van der Waals surface area contributed by atoms with Crippen molar-refractivity contribution in [3.05, 3.63) is 76.2 Å². The first kappa shape index (κ1) is 16.9. The highest BCUT2D eigenvalue weighted by atomic mass is 32.1. The summed E-state index contributed by atoms with van der Waals surface area (Å²) in [5.74, 6) is 0.712. The van der Waals surface area contributed by atoms with Crippen LogP contribution in [-0.4, -0.2) is 17.5 Å². The molecule has 1 aliphatic rings. The van der Waals surface area contributed by atoms with Crippen molar-refractivity contribution in [2.75, 3.05) is 6.73 Å². The third-order valence-corrected chi connectivity index (χ3v) is 5.85. The van der Waals surface area contributed by atoms with E-state index in [0.29, 0.717) is 11.3 Å². The van der Waals surface area contributed by atoms with Crippen molar-refractivity contribution < 1.29 is 9.53 Å². The molecule has 0 bridgehead atoms. The Morgan fingerprint density at radius 1 is 1.08 bits per heavy atom. The lowest BCUT2D eigenvalue weighted by Crippen LogP contribution is -2.49. The number of ether oxygens (including phenoxy) is 1. The van der Waals surface area contributed by atoms with Crippen LogP contribution >= 0.6 is 11.3 Å². The third-order valence-electron chi connectivity index (χ3n) is 5.16. The maximum Gasteiger partial charge on any atom is 0.261 e. The summed E-state index contributed by atoms with van der Waals surface area (Å²) in [7, 11) is 0. The SMILES string of the molecule is CC1=C(c2ccsc2)C(=O)N(C(C)(C)c2ccc3ccccc3c2)CO1. The number of hydrogen-bond donors (Lipinski definition) is 0. The zero-order chi connectivity index (χ0) is 18.3. The molecule has 4 heteroatoms. The van der Waals surface area contributed by atoms with Crippen molar-refractivity contribution in [1.82, 2.24) is 4.90 Å². The highest BCUT2D eigenvalue weighted by Crippen LogP contribution is 2.36. The number of hydrogen-bond acceptors (Lipinski definition) is 3. The molecule has 0 fully saturated rings. The van der Waals surface area contributed by atoms with Crippen LogP contribution in [0.25, 0.3) is 16.3 Å². The Bertz CT molecular complexity index is 1000. The average Bonchev–Trinajstić information content (AvgIpc) is 3.15. The first-order valence-electron chi connectivity index (χ1n) is 8.66. The molecule has 2 aromatic carbocycles. The lowest BCUT2D eigenvalue weighted by atomic mass is 9.89. The monoisotopic (exact) mass is 363 g/mol. The molecule has 26 heavy (non-hydrogen) atoms. The zero-order valence-electron chi connectivity index (χ0n) is 15.2. The molecule has 132 valence electrons. The van der Waals surface area contributed by atoms with Crippen molar-refractivity contribution >= 4 is 33.6 Å². The fourth-order valence-electron chi connectivity index (χ4n) is 3.45. The van der Waals surface area contributed by atoms with Gasteiger partial charge in [0.1, 0.15) is 5.76 Å². The van der Waals surface area contributed by atoms with Crippen LogP contribution in [-0.2, 0) is 15.1 Å². The smallest absolute Gasteiger partial charge is 0.261 e. The molecule has 0 saturated carbocycles. The Kier molecular flexibility index (Phi) is 4.08. The fourth-order valence-corrected chi connectivity index (χ4v) is 4.10. The van der Waals surface area contributed by atoms with Crippen molar-refractivity contribution in [3.8, 4) is 0 Å². The van der Waals surface area contributed by atoms with Gasteiger partial charge in [-0.3, -0.25) is 9.69 Å². The topological polar surface area (TPSA) is 29.5 Å². The van der Waals surface area contributed by atoms with Crippen molar-refractivity contribution in [2.24, 2.45) is 0 Å². The molecule has 0 aliphatic carbocycles. The lowest BCUT2D eigenvalue weighted by molar-refractivity contribution is -0.139. The minimum Gasteiger partial charge on any atom is -0.477 e. The highest BCUT2D eigenvalue weighted by Gasteiger charge is 2.38. The molecule has 1 aromatic heterocycles. The van der Waals surface area contributed by atoms with E-state index in [-0.39, 0.29) is 12.6 Å². The molecule has 0 unspecified atom stereocenters. The summed E-state index contributed by atoms with van der Waals surface area (Å²) < 4.78 is 5.88. The van der Waals surface area contributed by atoms with Gasteiger partial charge in [0.25, 0.3) is 5.91 Å². The maximum absolute atomic E-state index is 13.3. The van der Waals surface area contributed by atoms with E-state index < -0.39 is 5.54 Å². The van der Waals surface area contributed by atoms with Crippen molar-refractivity contribution in [1.29, 1.82) is 0 Å². The van der Waals surface area contributed by atoms with Gasteiger partial charge >= 0.3 is 0 Å². The Hall–Kier alpha value is -2.59. The number of allylic oxidation sites excluding steroid dienone is 1. The number of nitrogens with zero attached hydrogens (tertiary/aromatic N) is 1. The second-order valence-electron chi connectivity index (χ2n) is 7.07. The van der Waals surface area contributed by atoms with Gasteiger partial charge in [-0.05, 0) is 60.0 Å². The molecule has 1 aliphatic heterocycles. The van der Waals surface area contributed by atoms with Gasteiger partial charge in [-0.15, -0.1) is 0 Å². The van der Waals surface area contributed by atoms with Crippen LogP contribution in [0.4, 0.5) is 0 Å². The Labute approximate surface area is 157 Å². The van der Waals surface area contributed by atoms with Gasteiger partial charge in [-0.2, -0.15) is 11.3 Å². The van der Waals surface area contributed by atoms with Gasteiger partial charge in [0.2, 0.25) is 0 Å². The number of carbonyl (C=O) groups excluding carboxylic acids is 1. The molecule has 3 nitrogen and oxygen atoms in total. The molecule has 4 rings (SSSR count). The van der Waals surface area contributed by atoms with Crippen molar-refractivity contribution in [3.63, 3.8) is 0 Å². The van der Waals surface area contributed by atoms with Gasteiger partial charge in [-0.1, -0.05) is 36.4 Å². The molecule has 0 N–H and O–H groups in total. The van der Waals surface area contributed by atoms with E-state index in [1.54, 1.807) is 11.3 Å². The second-order valence-corrected chi connectivity index (χ2v) is 7.85. The predicted molar refractivity (Wildman–Crippen MR) is 107 cm³/mol. The maximum atomic E-state index is 13.3. The molecule has 0 saturated heterocycles. The normalized spacial score (nSPS) is 15.5. The summed E-state index contributed by atoms with van der Waals surface area (Å²) >= 11 is 1.58. The summed E-state index contributed by atoms with van der Waals surface area (Å²) in [6, 6.07) is 16.6. The van der Waals surface area contributed by atoms with Gasteiger partial charge in [0, 0.05) is 5.56 Å². The van der Waals surface area contributed by atoms with Crippen LogP contribution < -0.4 is 0 Å². The van der Waals surface area contributed by atoms with Crippen LogP contribution in [0.5, 0.6) is 0 Å². The van der Waals surface area contributed by atoms with Crippen LogP contribution in [0.15, 0.2) is 65.1 Å². The zero-order valence-corrected chi connectivity index (χ0v) is 16.0.